The minimum Gasteiger partial charge on any atom is -0.343 e. The van der Waals surface area contributed by atoms with Gasteiger partial charge >= 0.3 is 0 Å². The molecule has 0 bridgehead atoms. The highest BCUT2D eigenvalue weighted by Gasteiger charge is 2.21. The second-order valence-corrected chi connectivity index (χ2v) is 8.08. The average molecular weight is 424 g/mol. The number of nitrogens with zero attached hydrogens (tertiary/aromatic N) is 1. The van der Waals surface area contributed by atoms with Gasteiger partial charge in [0.2, 0.25) is 5.91 Å². The Bertz CT molecular complexity index is 521. The summed E-state index contributed by atoms with van der Waals surface area (Å²) in [4.78, 5) is 14.9. The van der Waals surface area contributed by atoms with Gasteiger partial charge in [0.05, 0.1) is 10.8 Å². The maximum absolute atomic E-state index is 12.2. The molecule has 1 aliphatic rings. The Morgan fingerprint density at radius 1 is 1.30 bits per heavy atom. The molecule has 1 fully saturated rings. The van der Waals surface area contributed by atoms with Crippen LogP contribution in [0, 0.1) is 0 Å². The summed E-state index contributed by atoms with van der Waals surface area (Å²) < 4.78 is 13.2. The Morgan fingerprint density at radius 3 is 2.52 bits per heavy atom. The molecule has 0 saturated carbocycles. The Balaban J connectivity index is 0.00000264. The van der Waals surface area contributed by atoms with Crippen LogP contribution in [0.4, 0.5) is 0 Å². The number of carbonyl (C=O) groups is 1. The number of hydrogen-bond donors (Lipinski definition) is 1. The number of benzene rings is 1. The minimum atomic E-state index is -1.03. The molecule has 4 nitrogen and oxygen atoms in total. The zero-order valence-corrected chi connectivity index (χ0v) is 16.5. The lowest BCUT2D eigenvalue weighted by Crippen LogP contribution is -2.43. The van der Waals surface area contributed by atoms with Crippen LogP contribution >= 0.6 is 28.3 Å². The summed E-state index contributed by atoms with van der Waals surface area (Å²) in [6.07, 6.45) is 3.18. The Morgan fingerprint density at radius 2 is 1.91 bits per heavy atom. The largest absolute Gasteiger partial charge is 0.343 e. The third kappa shape index (κ3) is 6.53. The third-order valence-corrected chi connectivity index (χ3v) is 6.03. The fourth-order valence-electron chi connectivity index (χ4n) is 2.63. The molecule has 1 aliphatic heterocycles. The average Bonchev–Trinajstić information content (AvgIpc) is 2.55. The fraction of sp³-hybridized carbons (Fsp3) is 0.562. The van der Waals surface area contributed by atoms with E-state index in [9.17, 15) is 9.00 Å². The standard InChI is InChI=1S/C16H23BrN2O2S.ClH/c1-19(14-8-10-18-11-9-14)16(20)3-2-12-22(21)15-6-4-13(17)5-7-15;/h4-7,14,18H,2-3,8-12H2,1H3;1H. The summed E-state index contributed by atoms with van der Waals surface area (Å²) in [5, 5.41) is 3.31. The van der Waals surface area contributed by atoms with Gasteiger partial charge in [0.15, 0.2) is 0 Å². The molecule has 7 heteroatoms. The quantitative estimate of drug-likeness (QED) is 0.765. The lowest BCUT2D eigenvalue weighted by molar-refractivity contribution is -0.132. The SMILES string of the molecule is CN(C(=O)CCCS(=O)c1ccc(Br)cc1)C1CCNCC1.Cl. The van der Waals surface area contributed by atoms with Crippen molar-refractivity contribution < 1.29 is 9.00 Å². The molecule has 0 aliphatic carbocycles. The van der Waals surface area contributed by atoms with Crippen molar-refractivity contribution in [2.24, 2.45) is 0 Å². The normalized spacial score (nSPS) is 16.4. The van der Waals surface area contributed by atoms with Crippen molar-refractivity contribution in [2.45, 2.75) is 36.6 Å². The first-order valence-electron chi connectivity index (χ1n) is 7.68. The van der Waals surface area contributed by atoms with Crippen molar-refractivity contribution in [3.05, 3.63) is 28.7 Å². The highest BCUT2D eigenvalue weighted by Crippen LogP contribution is 2.15. The second-order valence-electron chi connectivity index (χ2n) is 5.59. The number of amides is 1. The first-order valence-corrected chi connectivity index (χ1v) is 9.79. The number of rotatable bonds is 6. The Labute approximate surface area is 155 Å². The van der Waals surface area contributed by atoms with Crippen LogP contribution in [0.3, 0.4) is 0 Å². The van der Waals surface area contributed by atoms with Crippen LogP contribution in [0.2, 0.25) is 0 Å². The van der Waals surface area contributed by atoms with Gasteiger partial charge in [-0.1, -0.05) is 15.9 Å². The third-order valence-electron chi connectivity index (χ3n) is 4.05. The van der Waals surface area contributed by atoms with E-state index in [1.165, 1.54) is 0 Å². The van der Waals surface area contributed by atoms with Crippen LogP contribution in [0.25, 0.3) is 0 Å². The van der Waals surface area contributed by atoms with Crippen LogP contribution in [-0.4, -0.2) is 46.9 Å². The summed E-state index contributed by atoms with van der Waals surface area (Å²) in [6, 6.07) is 7.87. The monoisotopic (exact) mass is 422 g/mol. The molecule has 1 amide bonds. The zero-order valence-electron chi connectivity index (χ0n) is 13.3. The fourth-order valence-corrected chi connectivity index (χ4v) is 3.98. The zero-order chi connectivity index (χ0) is 15.9. The molecular formula is C16H24BrClN2O2S. The Kier molecular flexibility index (Phi) is 9.36. The molecule has 1 aromatic carbocycles. The van der Waals surface area contributed by atoms with Gasteiger partial charge in [0.1, 0.15) is 0 Å². The van der Waals surface area contributed by atoms with Crippen LogP contribution < -0.4 is 5.32 Å². The van der Waals surface area contributed by atoms with E-state index in [4.69, 9.17) is 0 Å². The van der Waals surface area contributed by atoms with Gasteiger partial charge in [-0.15, -0.1) is 12.4 Å². The molecule has 1 saturated heterocycles. The molecular weight excluding hydrogens is 400 g/mol. The van der Waals surface area contributed by atoms with Crippen LogP contribution in [0.1, 0.15) is 25.7 Å². The summed E-state index contributed by atoms with van der Waals surface area (Å²) in [5.41, 5.74) is 0. The summed E-state index contributed by atoms with van der Waals surface area (Å²) in [7, 11) is 0.865. The summed E-state index contributed by atoms with van der Waals surface area (Å²) >= 11 is 3.37. The van der Waals surface area contributed by atoms with E-state index in [-0.39, 0.29) is 18.3 Å². The molecule has 0 spiro atoms. The van der Waals surface area contributed by atoms with E-state index in [1.54, 1.807) is 0 Å². The number of halogens is 2. The maximum Gasteiger partial charge on any atom is 0.222 e. The number of hydrogen-bond acceptors (Lipinski definition) is 3. The van der Waals surface area contributed by atoms with Gasteiger partial charge in [0.25, 0.3) is 0 Å². The van der Waals surface area contributed by atoms with E-state index in [2.05, 4.69) is 21.2 Å². The molecule has 130 valence electrons. The molecule has 0 aromatic heterocycles. The smallest absolute Gasteiger partial charge is 0.222 e. The van der Waals surface area contributed by atoms with Gasteiger partial charge in [0, 0.05) is 34.6 Å². The van der Waals surface area contributed by atoms with Crippen LogP contribution in [-0.2, 0) is 15.6 Å². The number of piperidine rings is 1. The van der Waals surface area contributed by atoms with Gasteiger partial charge in [-0.3, -0.25) is 9.00 Å². The maximum atomic E-state index is 12.2. The van der Waals surface area contributed by atoms with Crippen LogP contribution in [0.5, 0.6) is 0 Å². The minimum absolute atomic E-state index is 0. The predicted molar refractivity (Wildman–Crippen MR) is 101 cm³/mol. The van der Waals surface area contributed by atoms with Crippen molar-refractivity contribution in [1.82, 2.24) is 10.2 Å². The first kappa shape index (κ1) is 20.6. The predicted octanol–water partition coefficient (Wildman–Crippen LogP) is 2.97. The van der Waals surface area contributed by atoms with Crippen LogP contribution in [0.15, 0.2) is 33.6 Å². The van der Waals surface area contributed by atoms with Crippen molar-refractivity contribution in [1.29, 1.82) is 0 Å². The summed E-state index contributed by atoms with van der Waals surface area (Å²) in [6.45, 7) is 1.96. The molecule has 1 atom stereocenters. The van der Waals surface area contributed by atoms with Gasteiger partial charge in [-0.2, -0.15) is 0 Å². The molecule has 1 N–H and O–H groups in total. The first-order chi connectivity index (χ1) is 10.6. The highest BCUT2D eigenvalue weighted by molar-refractivity contribution is 9.10. The van der Waals surface area contributed by atoms with E-state index < -0.39 is 10.8 Å². The molecule has 1 unspecified atom stereocenters. The molecule has 1 aromatic rings. The van der Waals surface area contributed by atoms with E-state index in [1.807, 2.05) is 36.2 Å². The number of carbonyl (C=O) groups excluding carboxylic acids is 1. The lowest BCUT2D eigenvalue weighted by atomic mass is 10.0. The lowest BCUT2D eigenvalue weighted by Gasteiger charge is -2.31. The number of nitrogens with one attached hydrogen (secondary N) is 1. The summed E-state index contributed by atoms with van der Waals surface area (Å²) in [5.74, 6) is 0.702. The second kappa shape index (κ2) is 10.4. The van der Waals surface area contributed by atoms with Crippen molar-refractivity contribution >= 4 is 45.0 Å². The molecule has 2 rings (SSSR count). The van der Waals surface area contributed by atoms with Crippen molar-refractivity contribution in [3.8, 4) is 0 Å². The topological polar surface area (TPSA) is 49.4 Å². The van der Waals surface area contributed by atoms with Gasteiger partial charge in [-0.05, 0) is 56.6 Å². The Hall–Kier alpha value is -0.430. The van der Waals surface area contributed by atoms with Crippen molar-refractivity contribution in [2.75, 3.05) is 25.9 Å². The van der Waals surface area contributed by atoms with E-state index in [0.29, 0.717) is 24.6 Å². The highest BCUT2D eigenvalue weighted by atomic mass is 79.9. The molecule has 0 radical (unpaired) electrons. The van der Waals surface area contributed by atoms with E-state index in [0.717, 1.165) is 35.3 Å². The van der Waals surface area contributed by atoms with Crippen molar-refractivity contribution in [3.63, 3.8) is 0 Å². The van der Waals surface area contributed by atoms with E-state index >= 15 is 0 Å². The molecule has 1 heterocycles. The van der Waals surface area contributed by atoms with Gasteiger partial charge in [-0.25, -0.2) is 0 Å². The van der Waals surface area contributed by atoms with Gasteiger partial charge < -0.3 is 10.2 Å². The molecule has 23 heavy (non-hydrogen) atoms.